The summed E-state index contributed by atoms with van der Waals surface area (Å²) in [5, 5.41) is 6.68. The highest BCUT2D eigenvalue weighted by molar-refractivity contribution is 5.85. The molecule has 0 aliphatic carbocycles. The summed E-state index contributed by atoms with van der Waals surface area (Å²) in [6.07, 6.45) is 7.80. The fraction of sp³-hybridized carbons (Fsp3) is 0.933. The lowest BCUT2D eigenvalue weighted by Crippen LogP contribution is -2.45. The van der Waals surface area contributed by atoms with Crippen molar-refractivity contribution in [2.75, 3.05) is 6.54 Å². The van der Waals surface area contributed by atoms with E-state index in [1.165, 1.54) is 12.8 Å². The van der Waals surface area contributed by atoms with Crippen molar-refractivity contribution >= 4 is 18.3 Å². The molecular weight excluding hydrogens is 260 g/mol. The van der Waals surface area contributed by atoms with Gasteiger partial charge >= 0.3 is 0 Å². The molecule has 19 heavy (non-hydrogen) atoms. The van der Waals surface area contributed by atoms with Crippen LogP contribution in [0.4, 0.5) is 0 Å². The first-order chi connectivity index (χ1) is 8.67. The van der Waals surface area contributed by atoms with E-state index in [1.807, 2.05) is 0 Å². The van der Waals surface area contributed by atoms with Gasteiger partial charge in [0, 0.05) is 18.0 Å². The monoisotopic (exact) mass is 290 g/mol. The molecular formula is C15H31ClN2O. The lowest BCUT2D eigenvalue weighted by atomic mass is 9.92. The fourth-order valence-electron chi connectivity index (χ4n) is 2.78. The average molecular weight is 291 g/mol. The number of hydrogen-bond acceptors (Lipinski definition) is 2. The summed E-state index contributed by atoms with van der Waals surface area (Å²) in [4.78, 5) is 12.3. The zero-order valence-corrected chi connectivity index (χ0v) is 13.5. The summed E-state index contributed by atoms with van der Waals surface area (Å²) in [5.41, 5.74) is 0. The third kappa shape index (κ3) is 7.17. The number of carbonyl (C=O) groups is 1. The smallest absolute Gasteiger partial charge is 0.223 e. The number of unbranched alkanes of at least 4 members (excludes halogenated alkanes) is 1. The molecule has 1 rings (SSSR count). The number of piperidine rings is 1. The molecule has 1 unspecified atom stereocenters. The Bertz CT molecular complexity index is 248. The molecule has 0 bridgehead atoms. The molecule has 0 saturated carbocycles. The van der Waals surface area contributed by atoms with Crippen molar-refractivity contribution in [2.24, 2.45) is 5.92 Å². The SMILES string of the molecule is CCCCC(CCC)NC(=O)[C@H]1CCN[C@@H](C)C1.Cl. The molecule has 1 heterocycles. The largest absolute Gasteiger partial charge is 0.353 e. The van der Waals surface area contributed by atoms with Gasteiger partial charge in [0.1, 0.15) is 0 Å². The van der Waals surface area contributed by atoms with E-state index in [0.29, 0.717) is 12.1 Å². The maximum Gasteiger partial charge on any atom is 0.223 e. The summed E-state index contributed by atoms with van der Waals surface area (Å²) in [5.74, 6) is 0.514. The number of hydrogen-bond donors (Lipinski definition) is 2. The molecule has 1 saturated heterocycles. The predicted octanol–water partition coefficient (Wildman–Crippen LogP) is 3.27. The van der Waals surface area contributed by atoms with Crippen LogP contribution in [-0.2, 0) is 4.79 Å². The van der Waals surface area contributed by atoms with E-state index in [4.69, 9.17) is 0 Å². The van der Waals surface area contributed by atoms with Crippen LogP contribution in [0.15, 0.2) is 0 Å². The van der Waals surface area contributed by atoms with Crippen molar-refractivity contribution in [3.8, 4) is 0 Å². The Morgan fingerprint density at radius 3 is 2.63 bits per heavy atom. The second-order valence-corrected chi connectivity index (χ2v) is 5.71. The number of amides is 1. The van der Waals surface area contributed by atoms with Crippen LogP contribution in [0.2, 0.25) is 0 Å². The first-order valence-corrected chi connectivity index (χ1v) is 7.71. The molecule has 3 atom stereocenters. The molecule has 2 N–H and O–H groups in total. The fourth-order valence-corrected chi connectivity index (χ4v) is 2.78. The third-order valence-electron chi connectivity index (χ3n) is 3.88. The van der Waals surface area contributed by atoms with Crippen LogP contribution in [0, 0.1) is 5.92 Å². The number of rotatable bonds is 7. The molecule has 1 aliphatic heterocycles. The first-order valence-electron chi connectivity index (χ1n) is 7.71. The van der Waals surface area contributed by atoms with E-state index >= 15 is 0 Å². The lowest BCUT2D eigenvalue weighted by molar-refractivity contribution is -0.126. The van der Waals surface area contributed by atoms with Crippen LogP contribution in [0.3, 0.4) is 0 Å². The van der Waals surface area contributed by atoms with Crippen molar-refractivity contribution < 1.29 is 4.79 Å². The second-order valence-electron chi connectivity index (χ2n) is 5.71. The molecule has 1 amide bonds. The van der Waals surface area contributed by atoms with Gasteiger partial charge in [0.2, 0.25) is 5.91 Å². The van der Waals surface area contributed by atoms with E-state index in [-0.39, 0.29) is 24.2 Å². The zero-order valence-electron chi connectivity index (χ0n) is 12.7. The summed E-state index contributed by atoms with van der Waals surface area (Å²) in [6.45, 7) is 7.55. The Kier molecular flexibility index (Phi) is 10.3. The van der Waals surface area contributed by atoms with Gasteiger partial charge in [-0.1, -0.05) is 33.1 Å². The van der Waals surface area contributed by atoms with Crippen LogP contribution < -0.4 is 10.6 Å². The van der Waals surface area contributed by atoms with Gasteiger partial charge in [-0.2, -0.15) is 0 Å². The lowest BCUT2D eigenvalue weighted by Gasteiger charge is -2.29. The summed E-state index contributed by atoms with van der Waals surface area (Å²) in [7, 11) is 0. The molecule has 4 heteroatoms. The highest BCUT2D eigenvalue weighted by Crippen LogP contribution is 2.17. The van der Waals surface area contributed by atoms with E-state index in [2.05, 4.69) is 31.4 Å². The summed E-state index contributed by atoms with van der Waals surface area (Å²) in [6, 6.07) is 0.877. The van der Waals surface area contributed by atoms with Gasteiger partial charge in [-0.25, -0.2) is 0 Å². The molecule has 0 aromatic rings. The van der Waals surface area contributed by atoms with Crippen LogP contribution in [0.1, 0.15) is 65.7 Å². The van der Waals surface area contributed by atoms with Gasteiger partial charge in [0.15, 0.2) is 0 Å². The molecule has 0 radical (unpaired) electrons. The second kappa shape index (κ2) is 10.5. The zero-order chi connectivity index (χ0) is 13.4. The van der Waals surface area contributed by atoms with Gasteiger partial charge in [0.05, 0.1) is 0 Å². The topological polar surface area (TPSA) is 41.1 Å². The van der Waals surface area contributed by atoms with E-state index in [0.717, 1.165) is 38.6 Å². The van der Waals surface area contributed by atoms with E-state index < -0.39 is 0 Å². The maximum absolute atomic E-state index is 12.3. The highest BCUT2D eigenvalue weighted by atomic mass is 35.5. The van der Waals surface area contributed by atoms with Crippen molar-refractivity contribution in [2.45, 2.75) is 77.8 Å². The van der Waals surface area contributed by atoms with Crippen molar-refractivity contribution in [3.63, 3.8) is 0 Å². The predicted molar refractivity (Wildman–Crippen MR) is 83.8 cm³/mol. The molecule has 1 aliphatic rings. The molecule has 0 aromatic heterocycles. The van der Waals surface area contributed by atoms with Crippen molar-refractivity contribution in [3.05, 3.63) is 0 Å². The Morgan fingerprint density at radius 2 is 2.05 bits per heavy atom. The summed E-state index contributed by atoms with van der Waals surface area (Å²) >= 11 is 0. The highest BCUT2D eigenvalue weighted by Gasteiger charge is 2.25. The Balaban J connectivity index is 0.00000324. The normalized spacial score (nSPS) is 24.4. The molecule has 1 fully saturated rings. The van der Waals surface area contributed by atoms with Gasteiger partial charge in [-0.15, -0.1) is 12.4 Å². The summed E-state index contributed by atoms with van der Waals surface area (Å²) < 4.78 is 0. The Labute approximate surface area is 124 Å². The van der Waals surface area contributed by atoms with Crippen LogP contribution >= 0.6 is 12.4 Å². The minimum atomic E-state index is 0. The Hall–Kier alpha value is -0.280. The number of nitrogens with one attached hydrogen (secondary N) is 2. The maximum atomic E-state index is 12.3. The first kappa shape index (κ1) is 18.7. The standard InChI is InChI=1S/C15H30N2O.ClH/c1-4-6-8-14(7-5-2)17-15(18)13-9-10-16-12(3)11-13;/h12-14,16H,4-11H2,1-3H3,(H,17,18);1H/t12-,13-,14?;/m0./s1. The van der Waals surface area contributed by atoms with Gasteiger partial charge in [-0.3, -0.25) is 4.79 Å². The van der Waals surface area contributed by atoms with Crippen LogP contribution in [0.5, 0.6) is 0 Å². The van der Waals surface area contributed by atoms with Gasteiger partial charge in [-0.05, 0) is 39.2 Å². The third-order valence-corrected chi connectivity index (χ3v) is 3.88. The molecule has 0 spiro atoms. The Morgan fingerprint density at radius 1 is 1.32 bits per heavy atom. The average Bonchev–Trinajstić information content (AvgIpc) is 2.36. The number of carbonyl (C=O) groups excluding carboxylic acids is 1. The molecule has 0 aromatic carbocycles. The van der Waals surface area contributed by atoms with Crippen molar-refractivity contribution in [1.29, 1.82) is 0 Å². The molecule has 114 valence electrons. The van der Waals surface area contributed by atoms with Crippen LogP contribution in [-0.4, -0.2) is 24.5 Å². The van der Waals surface area contributed by atoms with E-state index in [1.54, 1.807) is 0 Å². The van der Waals surface area contributed by atoms with Gasteiger partial charge < -0.3 is 10.6 Å². The van der Waals surface area contributed by atoms with Crippen molar-refractivity contribution in [1.82, 2.24) is 10.6 Å². The van der Waals surface area contributed by atoms with Gasteiger partial charge in [0.25, 0.3) is 0 Å². The van der Waals surface area contributed by atoms with Crippen LogP contribution in [0.25, 0.3) is 0 Å². The quantitative estimate of drug-likeness (QED) is 0.755. The van der Waals surface area contributed by atoms with E-state index in [9.17, 15) is 4.79 Å². The number of halogens is 1. The minimum absolute atomic E-state index is 0. The molecule has 3 nitrogen and oxygen atoms in total. The minimum Gasteiger partial charge on any atom is -0.353 e.